The number of rotatable bonds is 14. The molecule has 2 aromatic rings. The monoisotopic (exact) mass is 738 g/mol. The number of amides is 2. The second-order valence-electron chi connectivity index (χ2n) is 12.5. The number of carbonyl (C=O) groups excluding carboxylic acids is 4. The van der Waals surface area contributed by atoms with Gasteiger partial charge >= 0.3 is 12.1 Å². The van der Waals surface area contributed by atoms with Gasteiger partial charge in [-0.2, -0.15) is 0 Å². The van der Waals surface area contributed by atoms with Gasteiger partial charge in [-0.25, -0.2) is 9.59 Å². The number of methoxy groups -OCH3 is 3. The van der Waals surface area contributed by atoms with Crippen molar-refractivity contribution in [1.82, 2.24) is 10.2 Å². The van der Waals surface area contributed by atoms with Gasteiger partial charge in [-0.05, 0) is 97.5 Å². The first-order valence-corrected chi connectivity index (χ1v) is 15.9. The molecule has 0 radical (unpaired) electrons. The van der Waals surface area contributed by atoms with Crippen LogP contribution in [0.25, 0.3) is 0 Å². The van der Waals surface area contributed by atoms with Gasteiger partial charge < -0.3 is 24.3 Å². The largest absolute Gasteiger partial charge is 0.496 e. The average molecular weight is 739 g/mol. The molecule has 3 atom stereocenters. The molecule has 0 spiro atoms. The van der Waals surface area contributed by atoms with E-state index in [2.05, 4.69) is 27.9 Å². The first-order chi connectivity index (χ1) is 21.0. The highest BCUT2D eigenvalue weighted by Crippen LogP contribution is 2.31. The lowest BCUT2D eigenvalue weighted by Gasteiger charge is -2.31. The Kier molecular flexibility index (Phi) is 14.1. The van der Waals surface area contributed by atoms with E-state index in [-0.39, 0.29) is 24.5 Å². The number of nitrogens with zero attached hydrogens (tertiary/aromatic N) is 1. The summed E-state index contributed by atoms with van der Waals surface area (Å²) >= 11 is 2.11. The second-order valence-corrected chi connectivity index (χ2v) is 13.6. The summed E-state index contributed by atoms with van der Waals surface area (Å²) in [7, 11) is 5.92. The summed E-state index contributed by atoms with van der Waals surface area (Å²) in [6.45, 7) is 11.1. The number of halogens is 1. The highest BCUT2D eigenvalue weighted by Gasteiger charge is 2.36. The van der Waals surface area contributed by atoms with Gasteiger partial charge in [-0.3, -0.25) is 14.5 Å². The first-order valence-electron chi connectivity index (χ1n) is 14.8. The maximum atomic E-state index is 14.1. The van der Waals surface area contributed by atoms with E-state index in [1.165, 1.54) is 19.1 Å². The van der Waals surface area contributed by atoms with Crippen molar-refractivity contribution in [2.24, 2.45) is 11.8 Å². The van der Waals surface area contributed by atoms with Gasteiger partial charge in [-0.15, -0.1) is 0 Å². The maximum absolute atomic E-state index is 14.1. The minimum atomic E-state index is -1.03. The molecule has 0 saturated carbocycles. The normalized spacial score (nSPS) is 13.3. The molecule has 0 bridgehead atoms. The van der Waals surface area contributed by atoms with E-state index in [4.69, 9.17) is 18.9 Å². The highest BCUT2D eigenvalue weighted by molar-refractivity contribution is 14.1. The number of aryl methyl sites for hydroxylation is 1. The van der Waals surface area contributed by atoms with Crippen molar-refractivity contribution < 1.29 is 38.1 Å². The number of benzene rings is 2. The summed E-state index contributed by atoms with van der Waals surface area (Å²) in [6, 6.07) is 8.78. The fraction of sp³-hybridized carbons (Fsp3) is 0.529. The van der Waals surface area contributed by atoms with E-state index in [0.717, 1.165) is 14.7 Å². The fourth-order valence-corrected chi connectivity index (χ4v) is 5.81. The lowest BCUT2D eigenvalue weighted by molar-refractivity contribution is -0.145. The van der Waals surface area contributed by atoms with Gasteiger partial charge in [0.2, 0.25) is 5.91 Å². The number of esters is 1. The van der Waals surface area contributed by atoms with E-state index >= 15 is 0 Å². The van der Waals surface area contributed by atoms with E-state index in [1.807, 2.05) is 39.0 Å². The Bertz CT molecular complexity index is 1350. The number of hydrogen-bond acceptors (Lipinski definition) is 8. The third-order valence-corrected chi connectivity index (χ3v) is 7.98. The number of Topliss-reactive ketones (excluding diaryl/α,β-unsaturated/α-hetero) is 1. The third kappa shape index (κ3) is 11.2. The Morgan fingerprint density at radius 2 is 1.58 bits per heavy atom. The van der Waals surface area contributed by atoms with Crippen LogP contribution >= 0.6 is 22.6 Å². The fourth-order valence-electron chi connectivity index (χ4n) is 5.05. The maximum Gasteiger partial charge on any atom is 0.410 e. The lowest BCUT2D eigenvalue weighted by atomic mass is 9.87. The first kappa shape index (κ1) is 37.8. The van der Waals surface area contributed by atoms with Crippen molar-refractivity contribution in [2.45, 2.75) is 78.5 Å². The lowest BCUT2D eigenvalue weighted by Crippen LogP contribution is -2.47. The minimum Gasteiger partial charge on any atom is -0.496 e. The van der Waals surface area contributed by atoms with Crippen molar-refractivity contribution in [3.05, 3.63) is 56.7 Å². The summed E-state index contributed by atoms with van der Waals surface area (Å²) in [4.78, 5) is 55.1. The van der Waals surface area contributed by atoms with Crippen LogP contribution in [0.4, 0.5) is 4.79 Å². The predicted octanol–water partition coefficient (Wildman–Crippen LogP) is 6.05. The minimum absolute atomic E-state index is 0.0679. The van der Waals surface area contributed by atoms with Gasteiger partial charge in [0.15, 0.2) is 5.78 Å². The van der Waals surface area contributed by atoms with Crippen LogP contribution in [-0.4, -0.2) is 68.7 Å². The molecule has 0 aliphatic rings. The van der Waals surface area contributed by atoms with E-state index in [1.54, 1.807) is 53.2 Å². The van der Waals surface area contributed by atoms with Crippen molar-refractivity contribution in [3.8, 4) is 11.5 Å². The van der Waals surface area contributed by atoms with Gasteiger partial charge in [0.25, 0.3) is 0 Å². The van der Waals surface area contributed by atoms with Crippen LogP contribution in [0.5, 0.6) is 11.5 Å². The molecule has 1 N–H and O–H groups in total. The number of ketones is 1. The molecule has 2 rings (SSSR count). The van der Waals surface area contributed by atoms with Crippen LogP contribution in [0, 0.1) is 22.3 Å². The third-order valence-electron chi connectivity index (χ3n) is 7.14. The number of nitrogens with one attached hydrogen (secondary N) is 1. The molecule has 248 valence electrons. The highest BCUT2D eigenvalue weighted by atomic mass is 127. The molecule has 0 aromatic heterocycles. The topological polar surface area (TPSA) is 120 Å². The zero-order valence-corrected chi connectivity index (χ0v) is 30.1. The molecule has 0 aliphatic heterocycles. The summed E-state index contributed by atoms with van der Waals surface area (Å²) in [5, 5.41) is 2.84. The van der Waals surface area contributed by atoms with Crippen LogP contribution in [0.3, 0.4) is 0 Å². The molecule has 0 saturated heterocycles. The van der Waals surface area contributed by atoms with Crippen LogP contribution in [0.1, 0.15) is 70.2 Å². The van der Waals surface area contributed by atoms with Gasteiger partial charge in [-0.1, -0.05) is 32.0 Å². The molecule has 2 amide bonds. The van der Waals surface area contributed by atoms with Gasteiger partial charge in [0.05, 0.1) is 24.9 Å². The Morgan fingerprint density at radius 3 is 2.09 bits per heavy atom. The Hall–Kier alpha value is -3.35. The molecular formula is C34H47IN2O8. The number of hydrogen-bond donors (Lipinski definition) is 1. The van der Waals surface area contributed by atoms with E-state index in [9.17, 15) is 19.2 Å². The van der Waals surface area contributed by atoms with Crippen molar-refractivity contribution in [2.75, 3.05) is 28.4 Å². The zero-order chi connectivity index (χ0) is 34.1. The second kappa shape index (κ2) is 16.8. The molecule has 0 unspecified atom stereocenters. The molecule has 11 heteroatoms. The summed E-state index contributed by atoms with van der Waals surface area (Å²) < 4.78 is 22.1. The molecule has 2 aromatic carbocycles. The Balaban J connectivity index is 2.42. The Labute approximate surface area is 280 Å². The van der Waals surface area contributed by atoms with Gasteiger partial charge in [0.1, 0.15) is 29.2 Å². The quantitative estimate of drug-likeness (QED) is 0.184. The zero-order valence-electron chi connectivity index (χ0n) is 28.0. The molecule has 0 heterocycles. The van der Waals surface area contributed by atoms with Crippen LogP contribution in [0.15, 0.2) is 36.4 Å². The average Bonchev–Trinajstić information content (AvgIpc) is 2.95. The van der Waals surface area contributed by atoms with Crippen LogP contribution < -0.4 is 14.8 Å². The standard InChI is InChI=1S/C34H47IN2O8/c1-20(2)15-24(31(39)36-26(32(40)44-10)17-22-11-13-28(42-8)21(3)16-22)19-27(38)30(37(7)33(41)45-34(4,5)6)23-12-14-29(43-9)25(35)18-23/h11-14,16,18,20,24,26,30H,15,17,19H2,1-10H3,(H,36,39)/t24-,26+,30+/m1/s1. The molecule has 45 heavy (non-hydrogen) atoms. The molecule has 0 aliphatic carbocycles. The SMILES string of the molecule is COC(=O)[C@H](Cc1ccc(OC)c(C)c1)NC(=O)[C@@H](CC(=O)[C@H](c1ccc(OC)c(I)c1)N(C)C(=O)OC(C)(C)C)CC(C)C. The summed E-state index contributed by atoms with van der Waals surface area (Å²) in [5.41, 5.74) is 1.48. The predicted molar refractivity (Wildman–Crippen MR) is 180 cm³/mol. The van der Waals surface area contributed by atoms with E-state index < -0.39 is 41.6 Å². The molecule has 10 nitrogen and oxygen atoms in total. The van der Waals surface area contributed by atoms with Crippen molar-refractivity contribution >= 4 is 46.3 Å². The van der Waals surface area contributed by atoms with Crippen molar-refractivity contribution in [1.29, 1.82) is 0 Å². The number of carbonyl (C=O) groups is 4. The van der Waals surface area contributed by atoms with Crippen LogP contribution in [-0.2, 0) is 30.3 Å². The summed E-state index contributed by atoms with van der Waals surface area (Å²) in [5.74, 6) is -0.741. The smallest absolute Gasteiger partial charge is 0.410 e. The van der Waals surface area contributed by atoms with Crippen LogP contribution in [0.2, 0.25) is 0 Å². The number of likely N-dealkylation sites (N-methyl/N-ethyl adjacent to an activating group) is 1. The number of ether oxygens (including phenoxy) is 4. The Morgan fingerprint density at radius 1 is 0.956 bits per heavy atom. The molecule has 0 fully saturated rings. The van der Waals surface area contributed by atoms with Gasteiger partial charge in [0, 0.05) is 25.8 Å². The van der Waals surface area contributed by atoms with E-state index in [0.29, 0.717) is 23.5 Å². The van der Waals surface area contributed by atoms with Crippen molar-refractivity contribution in [3.63, 3.8) is 0 Å². The molecular weight excluding hydrogens is 691 g/mol. The summed E-state index contributed by atoms with van der Waals surface area (Å²) in [6.07, 6.45) is -0.257.